The van der Waals surface area contributed by atoms with Crippen molar-refractivity contribution in [1.82, 2.24) is 10.4 Å². The predicted molar refractivity (Wildman–Crippen MR) is 99.1 cm³/mol. The summed E-state index contributed by atoms with van der Waals surface area (Å²) in [5, 5.41) is 9.47. The lowest BCUT2D eigenvalue weighted by molar-refractivity contribution is 0.0420. The van der Waals surface area contributed by atoms with E-state index in [0.717, 1.165) is 36.8 Å². The van der Waals surface area contributed by atoms with E-state index in [1.165, 1.54) is 5.56 Å². The van der Waals surface area contributed by atoms with Gasteiger partial charge in [-0.15, -0.1) is 5.48 Å². The number of carbonyl (C=O) groups is 1. The number of rotatable bonds is 5. The first-order valence-electron chi connectivity index (χ1n) is 9.00. The molecule has 3 rings (SSSR count). The van der Waals surface area contributed by atoms with Crippen molar-refractivity contribution in [2.75, 3.05) is 13.1 Å². The fraction of sp³-hybridized carbons (Fsp3) is 0.333. The fourth-order valence-electron chi connectivity index (χ4n) is 3.13. The zero-order valence-corrected chi connectivity index (χ0v) is 14.7. The quantitative estimate of drug-likeness (QED) is 0.830. The Balaban J connectivity index is 1.61. The highest BCUT2D eigenvalue weighted by molar-refractivity contribution is 5.67. The SMILES string of the molecule is N#CC(NOC(=O)N1CCCCC1)c1cccc(Cc2ccccc2)c1. The normalized spacial score (nSPS) is 15.1. The van der Waals surface area contributed by atoms with E-state index in [1.807, 2.05) is 42.5 Å². The molecule has 26 heavy (non-hydrogen) atoms. The van der Waals surface area contributed by atoms with E-state index in [-0.39, 0.29) is 0 Å². The Hall–Kier alpha value is -2.84. The highest BCUT2D eigenvalue weighted by Crippen LogP contribution is 2.17. The summed E-state index contributed by atoms with van der Waals surface area (Å²) in [7, 11) is 0. The van der Waals surface area contributed by atoms with Gasteiger partial charge < -0.3 is 9.74 Å². The van der Waals surface area contributed by atoms with Crippen LogP contribution in [0, 0.1) is 11.3 Å². The van der Waals surface area contributed by atoms with Crippen LogP contribution in [0.1, 0.15) is 42.0 Å². The van der Waals surface area contributed by atoms with Crippen LogP contribution in [-0.2, 0) is 11.3 Å². The minimum absolute atomic E-state index is 0.412. The number of nitriles is 1. The van der Waals surface area contributed by atoms with Crippen LogP contribution >= 0.6 is 0 Å². The zero-order chi connectivity index (χ0) is 18.2. The van der Waals surface area contributed by atoms with Gasteiger partial charge in [0.15, 0.2) is 6.04 Å². The van der Waals surface area contributed by atoms with Crippen LogP contribution in [0.3, 0.4) is 0 Å². The molecule has 5 nitrogen and oxygen atoms in total. The van der Waals surface area contributed by atoms with Gasteiger partial charge in [-0.05, 0) is 42.4 Å². The Morgan fingerprint density at radius 3 is 2.54 bits per heavy atom. The highest BCUT2D eigenvalue weighted by Gasteiger charge is 2.20. The summed E-state index contributed by atoms with van der Waals surface area (Å²) in [6, 6.07) is 19.4. The van der Waals surface area contributed by atoms with E-state index in [4.69, 9.17) is 4.84 Å². The Kier molecular flexibility index (Phi) is 6.24. The molecule has 1 aliphatic heterocycles. The molecular weight excluding hydrogens is 326 g/mol. The number of hydrogen-bond donors (Lipinski definition) is 1. The lowest BCUT2D eigenvalue weighted by Crippen LogP contribution is -2.39. The lowest BCUT2D eigenvalue weighted by Gasteiger charge is -2.26. The third kappa shape index (κ3) is 4.84. The molecule has 1 heterocycles. The molecule has 134 valence electrons. The van der Waals surface area contributed by atoms with Gasteiger partial charge in [-0.25, -0.2) is 4.79 Å². The number of hydrogen-bond acceptors (Lipinski definition) is 4. The molecular formula is C21H23N3O2. The van der Waals surface area contributed by atoms with Crippen LogP contribution < -0.4 is 5.48 Å². The van der Waals surface area contributed by atoms with Crippen molar-refractivity contribution < 1.29 is 9.63 Å². The van der Waals surface area contributed by atoms with E-state index in [1.54, 1.807) is 4.90 Å². The van der Waals surface area contributed by atoms with Gasteiger partial charge >= 0.3 is 6.09 Å². The van der Waals surface area contributed by atoms with Gasteiger partial charge in [-0.2, -0.15) is 5.26 Å². The zero-order valence-electron chi connectivity index (χ0n) is 14.7. The van der Waals surface area contributed by atoms with Gasteiger partial charge in [-0.3, -0.25) is 0 Å². The molecule has 1 fully saturated rings. The molecule has 0 spiro atoms. The Morgan fingerprint density at radius 2 is 1.81 bits per heavy atom. The number of benzene rings is 2. The molecule has 1 aliphatic rings. The third-order valence-electron chi connectivity index (χ3n) is 4.54. The maximum atomic E-state index is 12.1. The van der Waals surface area contributed by atoms with Crippen LogP contribution in [0.25, 0.3) is 0 Å². The molecule has 2 aromatic carbocycles. The van der Waals surface area contributed by atoms with Crippen molar-refractivity contribution in [3.05, 3.63) is 71.3 Å². The van der Waals surface area contributed by atoms with Gasteiger partial charge in [0.05, 0.1) is 6.07 Å². The summed E-state index contributed by atoms with van der Waals surface area (Å²) in [5.74, 6) is 0. The molecule has 0 aromatic heterocycles. The summed E-state index contributed by atoms with van der Waals surface area (Å²) >= 11 is 0. The number of carbonyl (C=O) groups excluding carboxylic acids is 1. The van der Waals surface area contributed by atoms with Crippen molar-refractivity contribution in [3.8, 4) is 6.07 Å². The van der Waals surface area contributed by atoms with Gasteiger partial charge in [0.1, 0.15) is 0 Å². The minimum Gasteiger partial charge on any atom is -0.352 e. The highest BCUT2D eigenvalue weighted by atomic mass is 16.7. The van der Waals surface area contributed by atoms with Crippen molar-refractivity contribution in [2.45, 2.75) is 31.7 Å². The Morgan fingerprint density at radius 1 is 1.08 bits per heavy atom. The fourth-order valence-corrected chi connectivity index (χ4v) is 3.13. The second-order valence-corrected chi connectivity index (χ2v) is 6.50. The Bertz CT molecular complexity index is 764. The number of likely N-dealkylation sites (tertiary alicyclic amines) is 1. The first-order chi connectivity index (χ1) is 12.8. The number of piperidine rings is 1. The topological polar surface area (TPSA) is 65.4 Å². The molecule has 0 bridgehead atoms. The maximum Gasteiger partial charge on any atom is 0.428 e. The van der Waals surface area contributed by atoms with Crippen molar-refractivity contribution in [1.29, 1.82) is 5.26 Å². The molecule has 1 N–H and O–H groups in total. The van der Waals surface area contributed by atoms with E-state index < -0.39 is 12.1 Å². The number of nitrogens with one attached hydrogen (secondary N) is 1. The molecule has 1 saturated heterocycles. The van der Waals surface area contributed by atoms with Crippen molar-refractivity contribution in [2.24, 2.45) is 0 Å². The third-order valence-corrected chi connectivity index (χ3v) is 4.54. The first-order valence-corrected chi connectivity index (χ1v) is 9.00. The monoisotopic (exact) mass is 349 g/mol. The van der Waals surface area contributed by atoms with E-state index in [2.05, 4.69) is 23.7 Å². The minimum atomic E-state index is -0.695. The second kappa shape index (κ2) is 9.02. The van der Waals surface area contributed by atoms with Crippen molar-refractivity contribution >= 4 is 6.09 Å². The molecule has 0 saturated carbocycles. The van der Waals surface area contributed by atoms with Crippen LogP contribution in [0.4, 0.5) is 4.79 Å². The van der Waals surface area contributed by atoms with Crippen LogP contribution in [0.2, 0.25) is 0 Å². The summed E-state index contributed by atoms with van der Waals surface area (Å²) in [6.07, 6.45) is 3.52. The average Bonchev–Trinajstić information content (AvgIpc) is 2.70. The standard InChI is InChI=1S/C21H23N3O2/c22-16-20(23-26-21(25)24-12-5-2-6-13-24)19-11-7-10-18(15-19)14-17-8-3-1-4-9-17/h1,3-4,7-11,15,20,23H,2,5-6,12-14H2. The van der Waals surface area contributed by atoms with Crippen LogP contribution in [-0.4, -0.2) is 24.1 Å². The van der Waals surface area contributed by atoms with Gasteiger partial charge in [0, 0.05) is 13.1 Å². The molecule has 1 unspecified atom stereocenters. The molecule has 2 aromatic rings. The largest absolute Gasteiger partial charge is 0.428 e. The van der Waals surface area contributed by atoms with Crippen molar-refractivity contribution in [3.63, 3.8) is 0 Å². The van der Waals surface area contributed by atoms with Gasteiger partial charge in [-0.1, -0.05) is 54.6 Å². The van der Waals surface area contributed by atoms with Gasteiger partial charge in [0.2, 0.25) is 0 Å². The summed E-state index contributed by atoms with van der Waals surface area (Å²) in [6.45, 7) is 1.43. The number of amides is 1. The van der Waals surface area contributed by atoms with Crippen LogP contribution in [0.15, 0.2) is 54.6 Å². The maximum absolute atomic E-state index is 12.1. The summed E-state index contributed by atoms with van der Waals surface area (Å²) in [5.41, 5.74) is 5.73. The smallest absolute Gasteiger partial charge is 0.352 e. The van der Waals surface area contributed by atoms with E-state index in [0.29, 0.717) is 13.1 Å². The molecule has 5 heteroatoms. The van der Waals surface area contributed by atoms with Gasteiger partial charge in [0.25, 0.3) is 0 Å². The summed E-state index contributed by atoms with van der Waals surface area (Å²) < 4.78 is 0. The molecule has 0 aliphatic carbocycles. The molecule has 1 atom stereocenters. The first kappa shape index (κ1) is 18.0. The second-order valence-electron chi connectivity index (χ2n) is 6.50. The number of nitrogens with zero attached hydrogens (tertiary/aromatic N) is 2. The molecule has 0 radical (unpaired) electrons. The Labute approximate surface area is 154 Å². The number of hydroxylamine groups is 1. The van der Waals surface area contributed by atoms with E-state index in [9.17, 15) is 10.1 Å². The molecule has 1 amide bonds. The van der Waals surface area contributed by atoms with E-state index >= 15 is 0 Å². The van der Waals surface area contributed by atoms with Crippen LogP contribution in [0.5, 0.6) is 0 Å². The summed E-state index contributed by atoms with van der Waals surface area (Å²) in [4.78, 5) is 18.9. The lowest BCUT2D eigenvalue weighted by atomic mass is 10.0. The predicted octanol–water partition coefficient (Wildman–Crippen LogP) is 3.97. The average molecular weight is 349 g/mol.